The van der Waals surface area contributed by atoms with Crippen molar-refractivity contribution in [3.05, 3.63) is 35.5 Å². The molecule has 0 aliphatic carbocycles. The number of amides is 1. The third-order valence-electron chi connectivity index (χ3n) is 5.51. The van der Waals surface area contributed by atoms with Gasteiger partial charge in [0.25, 0.3) is 0 Å². The molecule has 1 aromatic carbocycles. The molecule has 1 aliphatic heterocycles. The van der Waals surface area contributed by atoms with Gasteiger partial charge in [-0.3, -0.25) is 4.79 Å². The van der Waals surface area contributed by atoms with E-state index in [4.69, 9.17) is 25.9 Å². The molecular formula is C23H24N6O3S2. The molecule has 0 spiro atoms. The molecule has 34 heavy (non-hydrogen) atoms. The number of thiophene rings is 1. The molecule has 176 valence electrons. The van der Waals surface area contributed by atoms with Crippen molar-refractivity contribution in [2.75, 3.05) is 12.5 Å². The fourth-order valence-corrected chi connectivity index (χ4v) is 5.87. The lowest BCUT2D eigenvalue weighted by Crippen LogP contribution is -2.09. The van der Waals surface area contributed by atoms with Gasteiger partial charge >= 0.3 is 0 Å². The van der Waals surface area contributed by atoms with Gasteiger partial charge in [0, 0.05) is 33.2 Å². The Kier molecular flexibility index (Phi) is 6.29. The Morgan fingerprint density at radius 3 is 2.76 bits per heavy atom. The molecule has 1 amide bonds. The number of hydrogen-bond acceptors (Lipinski definition) is 9. The molecular weight excluding hydrogens is 472 g/mol. The summed E-state index contributed by atoms with van der Waals surface area (Å²) in [5.41, 5.74) is 13.7. The number of rotatable bonds is 9. The van der Waals surface area contributed by atoms with Crippen molar-refractivity contribution < 1.29 is 14.3 Å². The van der Waals surface area contributed by atoms with E-state index >= 15 is 0 Å². The number of aromatic nitrogens is 4. The van der Waals surface area contributed by atoms with Crippen molar-refractivity contribution in [1.82, 2.24) is 19.5 Å². The number of anilines is 1. The predicted molar refractivity (Wildman–Crippen MR) is 132 cm³/mol. The predicted octanol–water partition coefficient (Wildman–Crippen LogP) is 4.37. The quantitative estimate of drug-likeness (QED) is 0.327. The SMILES string of the molecule is Cc1ccc(-c2cc3c(cc2Sc2nc4c(N)ncnc4n2CCCCCC(N)=O)OCO3)s1. The van der Waals surface area contributed by atoms with Crippen LogP contribution in [0.25, 0.3) is 21.6 Å². The van der Waals surface area contributed by atoms with Gasteiger partial charge in [-0.25, -0.2) is 15.0 Å². The molecule has 3 aromatic heterocycles. The summed E-state index contributed by atoms with van der Waals surface area (Å²) < 4.78 is 13.4. The zero-order valence-corrected chi connectivity index (χ0v) is 20.2. The van der Waals surface area contributed by atoms with Gasteiger partial charge in [-0.2, -0.15) is 0 Å². The number of aryl methyl sites for hydroxylation is 2. The van der Waals surface area contributed by atoms with Crippen LogP contribution in [0.1, 0.15) is 30.6 Å². The van der Waals surface area contributed by atoms with E-state index in [1.165, 1.54) is 23.0 Å². The van der Waals surface area contributed by atoms with Gasteiger partial charge in [-0.1, -0.05) is 18.2 Å². The first-order chi connectivity index (χ1) is 16.5. The van der Waals surface area contributed by atoms with Gasteiger partial charge in [0.1, 0.15) is 6.33 Å². The number of fused-ring (bicyclic) bond motifs is 2. The third kappa shape index (κ3) is 4.53. The molecule has 5 rings (SSSR count). The van der Waals surface area contributed by atoms with Gasteiger partial charge in [0.15, 0.2) is 33.6 Å². The second-order valence-electron chi connectivity index (χ2n) is 7.97. The van der Waals surface area contributed by atoms with Crippen molar-refractivity contribution >= 4 is 46.0 Å². The number of hydrogen-bond donors (Lipinski definition) is 2. The Bertz CT molecular complexity index is 1370. The number of primary amides is 1. The number of nitrogens with zero attached hydrogens (tertiary/aromatic N) is 4. The number of ether oxygens (including phenoxy) is 2. The number of unbranched alkanes of at least 4 members (excludes halogenated alkanes) is 2. The Morgan fingerprint density at radius 1 is 1.18 bits per heavy atom. The summed E-state index contributed by atoms with van der Waals surface area (Å²) in [4.78, 5) is 27.8. The highest BCUT2D eigenvalue weighted by molar-refractivity contribution is 7.99. The third-order valence-corrected chi connectivity index (χ3v) is 7.60. The van der Waals surface area contributed by atoms with Crippen LogP contribution in [0.15, 0.2) is 40.6 Å². The molecule has 0 bridgehead atoms. The van der Waals surface area contributed by atoms with E-state index in [1.807, 2.05) is 12.1 Å². The van der Waals surface area contributed by atoms with E-state index in [0.717, 1.165) is 45.5 Å². The number of imidazole rings is 1. The summed E-state index contributed by atoms with van der Waals surface area (Å²) in [6.45, 7) is 2.99. The minimum Gasteiger partial charge on any atom is -0.454 e. The fourth-order valence-electron chi connectivity index (χ4n) is 3.84. The summed E-state index contributed by atoms with van der Waals surface area (Å²) >= 11 is 3.27. The molecule has 0 saturated heterocycles. The largest absolute Gasteiger partial charge is 0.454 e. The lowest BCUT2D eigenvalue weighted by atomic mass is 10.1. The lowest BCUT2D eigenvalue weighted by molar-refractivity contribution is -0.118. The smallest absolute Gasteiger partial charge is 0.231 e. The maximum absolute atomic E-state index is 11.0. The van der Waals surface area contributed by atoms with Crippen LogP contribution in [-0.2, 0) is 11.3 Å². The summed E-state index contributed by atoms with van der Waals surface area (Å²) in [6, 6.07) is 8.26. The minimum atomic E-state index is -0.274. The maximum Gasteiger partial charge on any atom is 0.231 e. The lowest BCUT2D eigenvalue weighted by Gasteiger charge is -2.11. The molecule has 4 aromatic rings. The Hall–Kier alpha value is -3.31. The molecule has 0 fully saturated rings. The highest BCUT2D eigenvalue weighted by Gasteiger charge is 2.22. The van der Waals surface area contributed by atoms with Crippen molar-refractivity contribution in [2.45, 2.75) is 49.2 Å². The van der Waals surface area contributed by atoms with E-state index < -0.39 is 0 Å². The average Bonchev–Trinajstić information content (AvgIpc) is 3.52. The van der Waals surface area contributed by atoms with Crippen LogP contribution in [0.4, 0.5) is 5.82 Å². The topological polar surface area (TPSA) is 131 Å². The van der Waals surface area contributed by atoms with Gasteiger partial charge < -0.3 is 25.5 Å². The Morgan fingerprint density at radius 2 is 2.00 bits per heavy atom. The minimum absolute atomic E-state index is 0.211. The van der Waals surface area contributed by atoms with Gasteiger partial charge in [0.05, 0.1) is 0 Å². The van der Waals surface area contributed by atoms with Crippen LogP contribution < -0.4 is 20.9 Å². The summed E-state index contributed by atoms with van der Waals surface area (Å²) in [5.74, 6) is 1.53. The number of nitrogens with two attached hydrogens (primary N) is 2. The number of carbonyl (C=O) groups is 1. The monoisotopic (exact) mass is 496 g/mol. The van der Waals surface area contributed by atoms with E-state index in [0.29, 0.717) is 35.7 Å². The standard InChI is InChI=1S/C23H24N6O3S2/c1-13-6-7-17(33-13)14-9-15-16(32-12-31-15)10-18(14)34-23-28-20-21(25)26-11-27-22(20)29(23)8-4-2-3-5-19(24)30/h6-7,9-11H,2-5,8,12H2,1H3,(H2,24,30)(H2,25,26,27). The number of carbonyl (C=O) groups excluding carboxylic acids is 1. The molecule has 4 heterocycles. The second kappa shape index (κ2) is 9.51. The zero-order valence-electron chi connectivity index (χ0n) is 18.6. The molecule has 0 atom stereocenters. The zero-order chi connectivity index (χ0) is 23.7. The van der Waals surface area contributed by atoms with Crippen LogP contribution in [0.3, 0.4) is 0 Å². The van der Waals surface area contributed by atoms with Gasteiger partial charge in [0.2, 0.25) is 12.7 Å². The maximum atomic E-state index is 11.0. The molecule has 0 unspecified atom stereocenters. The molecule has 11 heteroatoms. The van der Waals surface area contributed by atoms with Crippen molar-refractivity contribution in [2.24, 2.45) is 5.73 Å². The average molecular weight is 497 g/mol. The first-order valence-electron chi connectivity index (χ1n) is 10.9. The normalized spacial score (nSPS) is 12.5. The first kappa shape index (κ1) is 22.5. The van der Waals surface area contributed by atoms with Crippen LogP contribution in [-0.4, -0.2) is 32.2 Å². The van der Waals surface area contributed by atoms with Crippen LogP contribution >= 0.6 is 23.1 Å². The van der Waals surface area contributed by atoms with Gasteiger partial charge in [-0.15, -0.1) is 11.3 Å². The van der Waals surface area contributed by atoms with Crippen molar-refractivity contribution in [3.8, 4) is 21.9 Å². The molecule has 1 aliphatic rings. The Balaban J connectivity index is 1.51. The summed E-state index contributed by atoms with van der Waals surface area (Å²) in [6.07, 6.45) is 4.33. The van der Waals surface area contributed by atoms with E-state index in [2.05, 4.69) is 33.6 Å². The molecule has 4 N–H and O–H groups in total. The highest BCUT2D eigenvalue weighted by Crippen LogP contribution is 2.46. The van der Waals surface area contributed by atoms with E-state index in [-0.39, 0.29) is 12.7 Å². The van der Waals surface area contributed by atoms with E-state index in [1.54, 1.807) is 11.3 Å². The van der Waals surface area contributed by atoms with Gasteiger partial charge in [-0.05, 0) is 44.0 Å². The Labute approximate surface area is 204 Å². The summed E-state index contributed by atoms with van der Waals surface area (Å²) in [5, 5.41) is 0.769. The molecule has 0 radical (unpaired) electrons. The van der Waals surface area contributed by atoms with Crippen LogP contribution in [0.5, 0.6) is 11.5 Å². The van der Waals surface area contributed by atoms with Crippen molar-refractivity contribution in [1.29, 1.82) is 0 Å². The van der Waals surface area contributed by atoms with Crippen molar-refractivity contribution in [3.63, 3.8) is 0 Å². The van der Waals surface area contributed by atoms with Crippen LogP contribution in [0, 0.1) is 6.92 Å². The highest BCUT2D eigenvalue weighted by atomic mass is 32.2. The molecule has 0 saturated carbocycles. The number of nitrogen functional groups attached to an aromatic ring is 1. The molecule has 9 nitrogen and oxygen atoms in total. The second-order valence-corrected chi connectivity index (χ2v) is 10.3. The summed E-state index contributed by atoms with van der Waals surface area (Å²) in [7, 11) is 0. The van der Waals surface area contributed by atoms with E-state index in [9.17, 15) is 4.79 Å². The first-order valence-corrected chi connectivity index (χ1v) is 12.6. The fraction of sp³-hybridized carbons (Fsp3) is 0.304. The van der Waals surface area contributed by atoms with Crippen LogP contribution in [0.2, 0.25) is 0 Å². The number of benzene rings is 1.